The molecule has 0 aliphatic carbocycles. The van der Waals surface area contributed by atoms with E-state index >= 15 is 0 Å². The molecule has 8 nitrogen and oxygen atoms in total. The van der Waals surface area contributed by atoms with Crippen LogP contribution in [0.25, 0.3) is 21.9 Å². The summed E-state index contributed by atoms with van der Waals surface area (Å²) in [5.41, 5.74) is 3.85. The number of nitrogens with one attached hydrogen (secondary N) is 3. The van der Waals surface area contributed by atoms with Gasteiger partial charge in [0, 0.05) is 37.8 Å². The van der Waals surface area contributed by atoms with Gasteiger partial charge in [-0.05, 0) is 18.2 Å². The molecule has 3 N–H and O–H groups in total. The number of benzene rings is 1. The Bertz CT molecular complexity index is 1130. The minimum atomic E-state index is -0.256. The minimum Gasteiger partial charge on any atom is -0.367 e. The average Bonchev–Trinajstić information content (AvgIpc) is 3.42. The number of carbonyl (C=O) groups excluding carboxylic acids is 1. The number of rotatable bonds is 4. The smallest absolute Gasteiger partial charge is 0.275 e. The fraction of sp³-hybridized carbons (Fsp3) is 0.200. The van der Waals surface area contributed by atoms with Crippen LogP contribution in [-0.4, -0.2) is 52.0 Å². The van der Waals surface area contributed by atoms with Crippen LogP contribution in [0, 0.1) is 0 Å². The highest BCUT2D eigenvalue weighted by molar-refractivity contribution is 7.13. The van der Waals surface area contributed by atoms with E-state index in [-0.39, 0.29) is 5.91 Å². The van der Waals surface area contributed by atoms with E-state index in [1.165, 1.54) is 11.3 Å². The number of imidazole rings is 1. The zero-order chi connectivity index (χ0) is 19.6. The molecule has 0 unspecified atom stereocenters. The topological polar surface area (TPSA) is 98.8 Å². The number of aromatic amines is 1. The molecular weight excluding hydrogens is 386 g/mol. The summed E-state index contributed by atoms with van der Waals surface area (Å²) < 4.78 is 0. The molecule has 0 spiro atoms. The van der Waals surface area contributed by atoms with Crippen LogP contribution in [0.5, 0.6) is 0 Å². The fourth-order valence-corrected chi connectivity index (χ4v) is 4.13. The van der Waals surface area contributed by atoms with Crippen LogP contribution in [-0.2, 0) is 0 Å². The molecule has 4 heterocycles. The molecule has 0 radical (unpaired) electrons. The fourth-order valence-electron chi connectivity index (χ4n) is 3.39. The third kappa shape index (κ3) is 3.57. The molecule has 29 heavy (non-hydrogen) atoms. The van der Waals surface area contributed by atoms with E-state index in [9.17, 15) is 4.79 Å². The molecule has 0 bridgehead atoms. The maximum atomic E-state index is 12.8. The third-order valence-corrected chi connectivity index (χ3v) is 5.68. The summed E-state index contributed by atoms with van der Waals surface area (Å²) in [6.45, 7) is 3.62. The average molecular weight is 405 g/mol. The molecule has 1 amide bonds. The third-order valence-electron chi connectivity index (χ3n) is 4.83. The second-order valence-electron chi connectivity index (χ2n) is 6.72. The van der Waals surface area contributed by atoms with Crippen molar-refractivity contribution in [3.05, 3.63) is 53.8 Å². The quantitative estimate of drug-likeness (QED) is 0.483. The highest BCUT2D eigenvalue weighted by Crippen LogP contribution is 2.27. The Kier molecular flexibility index (Phi) is 4.66. The first kappa shape index (κ1) is 17.8. The molecule has 5 rings (SSSR count). The zero-order valence-corrected chi connectivity index (χ0v) is 16.4. The van der Waals surface area contributed by atoms with E-state index in [0.29, 0.717) is 22.2 Å². The van der Waals surface area contributed by atoms with E-state index in [1.54, 1.807) is 17.8 Å². The van der Waals surface area contributed by atoms with Gasteiger partial charge in [-0.1, -0.05) is 12.1 Å². The van der Waals surface area contributed by atoms with Gasteiger partial charge >= 0.3 is 0 Å². The van der Waals surface area contributed by atoms with Gasteiger partial charge in [0.15, 0.2) is 10.8 Å². The van der Waals surface area contributed by atoms with Crippen LogP contribution in [0.1, 0.15) is 10.5 Å². The molecule has 0 saturated carbocycles. The van der Waals surface area contributed by atoms with E-state index in [4.69, 9.17) is 0 Å². The lowest BCUT2D eigenvalue weighted by Crippen LogP contribution is -2.43. The van der Waals surface area contributed by atoms with Crippen molar-refractivity contribution in [1.29, 1.82) is 0 Å². The summed E-state index contributed by atoms with van der Waals surface area (Å²) >= 11 is 1.39. The Morgan fingerprint density at radius 3 is 2.86 bits per heavy atom. The molecule has 146 valence electrons. The maximum absolute atomic E-state index is 12.8. The number of anilines is 2. The molecule has 1 aliphatic heterocycles. The summed E-state index contributed by atoms with van der Waals surface area (Å²) in [6, 6.07) is 9.73. The van der Waals surface area contributed by atoms with Crippen LogP contribution in [0.2, 0.25) is 0 Å². The summed E-state index contributed by atoms with van der Waals surface area (Å²) in [5, 5.41) is 8.73. The first-order valence-electron chi connectivity index (χ1n) is 9.39. The summed E-state index contributed by atoms with van der Waals surface area (Å²) in [4.78, 5) is 31.5. The number of pyridine rings is 1. The lowest BCUT2D eigenvalue weighted by molar-refractivity contribution is 0.102. The molecule has 9 heteroatoms. The number of hydrogen-bond donors (Lipinski definition) is 3. The van der Waals surface area contributed by atoms with Gasteiger partial charge in [0.05, 0.1) is 28.6 Å². The second-order valence-corrected chi connectivity index (χ2v) is 7.58. The number of nitrogens with zero attached hydrogens (tertiary/aromatic N) is 4. The van der Waals surface area contributed by atoms with Crippen LogP contribution in [0.15, 0.2) is 48.1 Å². The predicted octanol–water partition coefficient (Wildman–Crippen LogP) is 2.74. The van der Waals surface area contributed by atoms with E-state index in [0.717, 1.165) is 42.9 Å². The van der Waals surface area contributed by atoms with Gasteiger partial charge in [-0.15, -0.1) is 11.3 Å². The number of piperazine rings is 1. The highest BCUT2D eigenvalue weighted by Gasteiger charge is 2.18. The number of amides is 1. The number of para-hydroxylation sites is 2. The first-order chi connectivity index (χ1) is 14.3. The van der Waals surface area contributed by atoms with Gasteiger partial charge in [0.25, 0.3) is 5.91 Å². The zero-order valence-electron chi connectivity index (χ0n) is 15.6. The van der Waals surface area contributed by atoms with Crippen LogP contribution in [0.3, 0.4) is 0 Å². The Morgan fingerprint density at radius 2 is 2.00 bits per heavy atom. The first-order valence-corrected chi connectivity index (χ1v) is 10.3. The molecule has 3 aromatic heterocycles. The Hall–Kier alpha value is -3.30. The van der Waals surface area contributed by atoms with Gasteiger partial charge in [-0.3, -0.25) is 9.78 Å². The molecule has 0 atom stereocenters. The molecule has 4 aromatic rings. The Labute approximate surface area is 171 Å². The summed E-state index contributed by atoms with van der Waals surface area (Å²) in [5.74, 6) is 0.408. The minimum absolute atomic E-state index is 0.256. The standard InChI is InChI=1S/C20H19N7OS/c28-19(25-15-11-22-6-5-17(15)27-9-7-21-8-10-27)16-12-29-20(26-16)18-23-13-3-1-2-4-14(13)24-18/h1-6,11-12,21H,7-10H2,(H,23,24)(H,25,28). The number of hydrogen-bond acceptors (Lipinski definition) is 7. The number of aromatic nitrogens is 4. The normalized spacial score (nSPS) is 14.3. The van der Waals surface area contributed by atoms with Crippen molar-refractivity contribution in [2.45, 2.75) is 0 Å². The number of H-pyrrole nitrogens is 1. The SMILES string of the molecule is O=C(Nc1cnccc1N1CCNCC1)c1csc(-c2nc3ccccc3[nH]2)n1. The lowest BCUT2D eigenvalue weighted by Gasteiger charge is -2.30. The van der Waals surface area contributed by atoms with Crippen LogP contribution < -0.4 is 15.5 Å². The summed E-state index contributed by atoms with van der Waals surface area (Å²) in [6.07, 6.45) is 3.43. The van der Waals surface area contributed by atoms with Gasteiger partial charge in [-0.2, -0.15) is 0 Å². The number of thiazole rings is 1. The monoisotopic (exact) mass is 405 g/mol. The Morgan fingerprint density at radius 1 is 1.14 bits per heavy atom. The highest BCUT2D eigenvalue weighted by atomic mass is 32.1. The molecule has 1 saturated heterocycles. The molecular formula is C20H19N7OS. The number of fused-ring (bicyclic) bond motifs is 1. The van der Waals surface area contributed by atoms with Crippen LogP contribution >= 0.6 is 11.3 Å². The van der Waals surface area contributed by atoms with Crippen molar-refractivity contribution in [1.82, 2.24) is 25.3 Å². The lowest BCUT2D eigenvalue weighted by atomic mass is 10.2. The van der Waals surface area contributed by atoms with Gasteiger partial charge in [0.2, 0.25) is 0 Å². The molecule has 1 aliphatic rings. The van der Waals surface area contributed by atoms with Gasteiger partial charge < -0.3 is 20.5 Å². The van der Waals surface area contributed by atoms with Crippen molar-refractivity contribution in [3.63, 3.8) is 0 Å². The second kappa shape index (κ2) is 7.61. The van der Waals surface area contributed by atoms with Crippen molar-refractivity contribution in [2.24, 2.45) is 0 Å². The van der Waals surface area contributed by atoms with Gasteiger partial charge in [0.1, 0.15) is 5.69 Å². The van der Waals surface area contributed by atoms with E-state index < -0.39 is 0 Å². The summed E-state index contributed by atoms with van der Waals surface area (Å²) in [7, 11) is 0. The van der Waals surface area contributed by atoms with Crippen molar-refractivity contribution >= 4 is 39.7 Å². The largest absolute Gasteiger partial charge is 0.367 e. The van der Waals surface area contributed by atoms with Gasteiger partial charge in [-0.25, -0.2) is 9.97 Å². The predicted molar refractivity (Wildman–Crippen MR) is 114 cm³/mol. The van der Waals surface area contributed by atoms with Crippen molar-refractivity contribution in [3.8, 4) is 10.8 Å². The van der Waals surface area contributed by atoms with E-state index in [2.05, 4.69) is 35.5 Å². The molecule has 1 fully saturated rings. The number of carbonyl (C=O) groups is 1. The maximum Gasteiger partial charge on any atom is 0.275 e. The van der Waals surface area contributed by atoms with Crippen LogP contribution in [0.4, 0.5) is 11.4 Å². The molecule has 1 aromatic carbocycles. The van der Waals surface area contributed by atoms with Crippen molar-refractivity contribution in [2.75, 3.05) is 36.4 Å². The van der Waals surface area contributed by atoms with E-state index in [1.807, 2.05) is 30.3 Å². The van der Waals surface area contributed by atoms with Crippen molar-refractivity contribution < 1.29 is 4.79 Å². The Balaban J connectivity index is 1.37.